The summed E-state index contributed by atoms with van der Waals surface area (Å²) in [7, 11) is 0. The zero-order valence-electron chi connectivity index (χ0n) is 25.2. The summed E-state index contributed by atoms with van der Waals surface area (Å²) in [5.74, 6) is -4.77. The molecule has 0 aliphatic heterocycles. The van der Waals surface area contributed by atoms with Crippen molar-refractivity contribution in [3.63, 3.8) is 0 Å². The highest BCUT2D eigenvalue weighted by Gasteiger charge is 2.38. The Bertz CT molecular complexity index is 1590. The normalized spacial score (nSPS) is 11.1. The topological polar surface area (TPSA) is 245 Å². The van der Waals surface area contributed by atoms with Crippen LogP contribution >= 0.6 is 11.6 Å². The molecule has 22 heteroatoms. The maximum absolute atomic E-state index is 12.8. The lowest BCUT2D eigenvalue weighted by Gasteiger charge is -2.06. The Morgan fingerprint density at radius 2 is 1.65 bits per heavy atom. The van der Waals surface area contributed by atoms with Crippen molar-refractivity contribution in [2.24, 2.45) is 5.73 Å². The van der Waals surface area contributed by atoms with Gasteiger partial charge in [0.2, 0.25) is 0 Å². The summed E-state index contributed by atoms with van der Waals surface area (Å²) in [6.07, 6.45) is -9.66. The molecule has 3 aromatic rings. The molecule has 48 heavy (non-hydrogen) atoms. The first-order chi connectivity index (χ1) is 22.2. The van der Waals surface area contributed by atoms with Gasteiger partial charge in [-0.1, -0.05) is 11.6 Å². The first kappa shape index (κ1) is 41.1. The molecule has 0 fully saturated rings. The zero-order valence-corrected chi connectivity index (χ0v) is 26.0. The van der Waals surface area contributed by atoms with E-state index in [2.05, 4.69) is 24.4 Å². The van der Waals surface area contributed by atoms with E-state index < -0.39 is 24.3 Å². The number of ketones is 1. The van der Waals surface area contributed by atoms with Crippen molar-refractivity contribution in [2.75, 3.05) is 31.2 Å². The Morgan fingerprint density at radius 1 is 1.06 bits per heavy atom. The third-order valence-electron chi connectivity index (χ3n) is 5.84. The maximum Gasteiger partial charge on any atom is 0.490 e. The number of carbonyl (C=O) groups excluding carboxylic acids is 3. The number of imidazole rings is 1. The van der Waals surface area contributed by atoms with Gasteiger partial charge in [0.25, 0.3) is 11.7 Å². The van der Waals surface area contributed by atoms with E-state index in [1.54, 1.807) is 0 Å². The van der Waals surface area contributed by atoms with Gasteiger partial charge in [0.15, 0.2) is 40.2 Å². The molecule has 0 bridgehead atoms. The minimum absolute atomic E-state index is 0.0134. The minimum Gasteiger partial charge on any atom is -0.542 e. The third kappa shape index (κ3) is 12.0. The number of anilines is 2. The highest BCUT2D eigenvalue weighted by atomic mass is 35.5. The maximum atomic E-state index is 12.8. The van der Waals surface area contributed by atoms with Crippen molar-refractivity contribution in [3.8, 4) is 5.75 Å². The monoisotopic (exact) mass is 716 g/mol. The number of nitrogens with zero attached hydrogens (tertiary/aromatic N) is 4. The molecule has 0 atom stereocenters. The molecular formula is C26H31ClF6N8O7. The number of aliphatic carboxylic acids is 2. The Labute approximate surface area is 272 Å². The van der Waals surface area contributed by atoms with Crippen LogP contribution in [0.2, 0.25) is 5.15 Å². The highest BCUT2D eigenvalue weighted by Crippen LogP contribution is 2.23. The number of hydrogen-bond acceptors (Lipinski definition) is 11. The molecule has 0 saturated carbocycles. The Kier molecular flexibility index (Phi) is 15.3. The van der Waals surface area contributed by atoms with Crippen LogP contribution < -0.4 is 36.9 Å². The molecule has 0 aliphatic rings. The van der Waals surface area contributed by atoms with Crippen LogP contribution in [0.25, 0.3) is 11.0 Å². The number of nitrogen functional groups attached to an aromatic ring is 2. The molecule has 2 heterocycles. The molecule has 1 amide bonds. The van der Waals surface area contributed by atoms with Crippen molar-refractivity contribution < 1.29 is 65.0 Å². The molecule has 0 aliphatic carbocycles. The number of rotatable bonds is 11. The second-order valence-electron chi connectivity index (χ2n) is 9.13. The third-order valence-corrected chi connectivity index (χ3v) is 6.12. The fraction of sp³-hybridized carbons (Fsp3) is 0.423. The lowest BCUT2D eigenvalue weighted by atomic mass is 10.1. The number of benzene rings is 1. The van der Waals surface area contributed by atoms with Gasteiger partial charge in [0.1, 0.15) is 17.4 Å². The van der Waals surface area contributed by atoms with E-state index in [1.807, 2.05) is 32.0 Å². The average molecular weight is 717 g/mol. The van der Waals surface area contributed by atoms with E-state index in [0.29, 0.717) is 38.3 Å². The summed E-state index contributed by atoms with van der Waals surface area (Å²) in [6.45, 7) is 6.14. The quantitative estimate of drug-likeness (QED) is 0.105. The molecule has 8 N–H and O–H groups in total. The van der Waals surface area contributed by atoms with Gasteiger partial charge in [-0.3, -0.25) is 9.59 Å². The fourth-order valence-electron chi connectivity index (χ4n) is 3.84. The van der Waals surface area contributed by atoms with Crippen LogP contribution in [-0.4, -0.2) is 75.3 Å². The molecule has 266 valence electrons. The fourth-order valence-corrected chi connectivity index (χ4v) is 3.97. The van der Waals surface area contributed by atoms with E-state index in [9.17, 15) is 35.9 Å². The van der Waals surface area contributed by atoms with E-state index in [4.69, 9.17) is 53.3 Å². The first-order valence-corrected chi connectivity index (χ1v) is 13.9. The summed E-state index contributed by atoms with van der Waals surface area (Å²) in [6, 6.07) is 5.68. The standard InChI is InChI=1S/C22H29ClN8O3.2C2HF3O2/c1-3-30-14-6-5-13(34-12-17(33)27-10-9-24)11-15(14)31(4-2)18(30)8-7-16(32)19-21(25)29-22(26)20(23)28-19;2*3-2(4,5)1(6)7/h5-6,11H,3-4,7-10,12,24H2,1-2H3,(H4-,25,26,27,29,32,33);2*(H,6,7). The second-order valence-corrected chi connectivity index (χ2v) is 9.49. The van der Waals surface area contributed by atoms with E-state index >= 15 is 0 Å². The summed E-state index contributed by atoms with van der Waals surface area (Å²) < 4.78 is 73.2. The van der Waals surface area contributed by atoms with Crippen LogP contribution in [0, 0.1) is 0 Å². The molecule has 0 saturated heterocycles. The average Bonchev–Trinajstić information content (AvgIpc) is 3.30. The largest absolute Gasteiger partial charge is 0.542 e. The number of halogens is 7. The summed E-state index contributed by atoms with van der Waals surface area (Å²) in [5, 5.41) is 18.5. The Hall–Kier alpha value is -4.92. The first-order valence-electron chi connectivity index (χ1n) is 13.5. The molecule has 3 rings (SSSR count). The van der Waals surface area contributed by atoms with Crippen LogP contribution in [0.5, 0.6) is 5.75 Å². The van der Waals surface area contributed by atoms with Crippen LogP contribution in [-0.2, 0) is 33.9 Å². The van der Waals surface area contributed by atoms with Crippen molar-refractivity contribution in [1.29, 1.82) is 0 Å². The number of fused-ring (bicyclic) bond motifs is 1. The molecule has 0 radical (unpaired) electrons. The van der Waals surface area contributed by atoms with Crippen LogP contribution in [0.1, 0.15) is 36.6 Å². The number of carbonyl (C=O) groups is 4. The lowest BCUT2D eigenvalue weighted by Crippen LogP contribution is -2.37. The Morgan fingerprint density at radius 3 is 2.12 bits per heavy atom. The zero-order chi connectivity index (χ0) is 37.0. The van der Waals surface area contributed by atoms with Crippen LogP contribution in [0.4, 0.5) is 38.0 Å². The number of amides is 1. The van der Waals surface area contributed by atoms with Gasteiger partial charge in [-0.05, 0) is 26.0 Å². The number of aryl methyl sites for hydroxylation is 2. The van der Waals surface area contributed by atoms with Gasteiger partial charge in [0.05, 0.1) is 19.5 Å². The van der Waals surface area contributed by atoms with Crippen molar-refractivity contribution in [1.82, 2.24) is 19.9 Å². The minimum atomic E-state index is -5.19. The molecule has 1 aromatic carbocycles. The number of Topliss-reactive ketones (excluding diaryl/α,β-unsaturated/α-hetero) is 1. The second kappa shape index (κ2) is 17.8. The summed E-state index contributed by atoms with van der Waals surface area (Å²) >= 11 is 5.92. The van der Waals surface area contributed by atoms with Crippen molar-refractivity contribution >= 4 is 57.9 Å². The van der Waals surface area contributed by atoms with Gasteiger partial charge < -0.3 is 42.3 Å². The summed E-state index contributed by atoms with van der Waals surface area (Å²) in [5.41, 5.74) is 18.8. The van der Waals surface area contributed by atoms with Gasteiger partial charge >= 0.3 is 18.3 Å². The van der Waals surface area contributed by atoms with Gasteiger partial charge in [-0.25, -0.2) is 23.9 Å². The highest BCUT2D eigenvalue weighted by molar-refractivity contribution is 6.31. The van der Waals surface area contributed by atoms with E-state index in [0.717, 1.165) is 16.9 Å². The predicted molar refractivity (Wildman–Crippen MR) is 154 cm³/mol. The van der Waals surface area contributed by atoms with Gasteiger partial charge in [0, 0.05) is 25.6 Å². The van der Waals surface area contributed by atoms with Gasteiger partial charge in [-0.2, -0.15) is 26.3 Å². The van der Waals surface area contributed by atoms with E-state index in [-0.39, 0.29) is 47.2 Å². The molecule has 0 unspecified atom stereocenters. The van der Waals surface area contributed by atoms with E-state index in [1.165, 1.54) is 0 Å². The number of hydrogen-bond donors (Lipinski definition) is 5. The van der Waals surface area contributed by atoms with Crippen molar-refractivity contribution in [2.45, 2.75) is 52.1 Å². The lowest BCUT2D eigenvalue weighted by molar-refractivity contribution is -0.676. The molecule has 2 aromatic heterocycles. The molecular weight excluding hydrogens is 686 g/mol. The number of aromatic nitrogens is 4. The van der Waals surface area contributed by atoms with Gasteiger partial charge in [-0.15, -0.1) is 0 Å². The number of alkyl halides is 6. The van der Waals surface area contributed by atoms with Crippen LogP contribution in [0.15, 0.2) is 18.2 Å². The molecule has 15 nitrogen and oxygen atoms in total. The predicted octanol–water partition coefficient (Wildman–Crippen LogP) is 0.778. The Balaban J connectivity index is 0.000000687. The summed E-state index contributed by atoms with van der Waals surface area (Å²) in [4.78, 5) is 50.2. The number of nitrogens with one attached hydrogen (secondary N) is 1. The number of carboxylic acids is 2. The van der Waals surface area contributed by atoms with Crippen molar-refractivity contribution in [3.05, 3.63) is 34.9 Å². The molecule has 0 spiro atoms. The SMILES string of the molecule is CCn1c(CCC(=O)c2nc(Cl)c(N)nc2N)[n+](CC)c2ccc(OCC(=O)NCCN)cc21.O=C(O)C(F)(F)F.O=C([O-])C(F)(F)F. The smallest absolute Gasteiger partial charge is 0.490 e. The van der Waals surface area contributed by atoms with Crippen LogP contribution in [0.3, 0.4) is 0 Å². The number of ether oxygens (including phenoxy) is 1. The number of nitrogens with two attached hydrogens (primary N) is 3. The number of carboxylic acid groups (broad SMARTS) is 2.